The van der Waals surface area contributed by atoms with Crippen molar-refractivity contribution >= 4 is 6.03 Å². The number of likely N-dealkylation sites (tertiary alicyclic amines) is 1. The van der Waals surface area contributed by atoms with Crippen LogP contribution in [0, 0.1) is 0 Å². The van der Waals surface area contributed by atoms with E-state index in [9.17, 15) is 9.90 Å². The second kappa shape index (κ2) is 9.22. The van der Waals surface area contributed by atoms with Gasteiger partial charge in [0.2, 0.25) is 0 Å². The van der Waals surface area contributed by atoms with E-state index in [-0.39, 0.29) is 6.03 Å². The van der Waals surface area contributed by atoms with Crippen molar-refractivity contribution in [1.29, 1.82) is 0 Å². The predicted octanol–water partition coefficient (Wildman–Crippen LogP) is 0.522. The number of nitrogens with one attached hydrogen (secondary N) is 1. The molecule has 1 aromatic rings. The summed E-state index contributed by atoms with van der Waals surface area (Å²) in [7, 11) is 0. The third kappa shape index (κ3) is 4.84. The second-order valence-electron chi connectivity index (χ2n) is 8.13. The summed E-state index contributed by atoms with van der Waals surface area (Å²) in [4.78, 5) is 19.1. The summed E-state index contributed by atoms with van der Waals surface area (Å²) < 4.78 is 5.41. The molecule has 0 radical (unpaired) electrons. The third-order valence-corrected chi connectivity index (χ3v) is 6.18. The van der Waals surface area contributed by atoms with Crippen LogP contribution in [0.25, 0.3) is 0 Å². The summed E-state index contributed by atoms with van der Waals surface area (Å²) in [6.45, 7) is 7.75. The molecule has 1 aromatic carbocycles. The van der Waals surface area contributed by atoms with Crippen molar-refractivity contribution in [2.24, 2.45) is 0 Å². The van der Waals surface area contributed by atoms with Crippen molar-refractivity contribution in [1.82, 2.24) is 20.0 Å². The lowest BCUT2D eigenvalue weighted by atomic mass is 10.00. The van der Waals surface area contributed by atoms with Crippen LogP contribution in [0.2, 0.25) is 0 Å². The van der Waals surface area contributed by atoms with Gasteiger partial charge in [-0.05, 0) is 24.0 Å². The van der Waals surface area contributed by atoms with Crippen molar-refractivity contribution in [2.75, 3.05) is 59.0 Å². The van der Waals surface area contributed by atoms with Crippen molar-refractivity contribution in [3.63, 3.8) is 0 Å². The smallest absolute Gasteiger partial charge is 0.317 e. The maximum absolute atomic E-state index is 12.5. The van der Waals surface area contributed by atoms with Crippen LogP contribution < -0.4 is 5.32 Å². The Morgan fingerprint density at radius 3 is 2.79 bits per heavy atom. The van der Waals surface area contributed by atoms with Gasteiger partial charge in [0.25, 0.3) is 0 Å². The number of benzene rings is 1. The highest BCUT2D eigenvalue weighted by atomic mass is 16.5. The Hall–Kier alpha value is -1.67. The van der Waals surface area contributed by atoms with Crippen LogP contribution in [0.5, 0.6) is 0 Å². The van der Waals surface area contributed by atoms with Gasteiger partial charge in [0.05, 0.1) is 19.3 Å². The molecule has 2 atom stereocenters. The monoisotopic (exact) mass is 388 g/mol. The maximum Gasteiger partial charge on any atom is 0.317 e. The first kappa shape index (κ1) is 19.6. The van der Waals surface area contributed by atoms with E-state index in [1.54, 1.807) is 0 Å². The number of hydrogen-bond donors (Lipinski definition) is 2. The number of urea groups is 1. The van der Waals surface area contributed by atoms with E-state index >= 15 is 0 Å². The fraction of sp³-hybridized carbons (Fsp3) is 0.667. The molecule has 154 valence electrons. The van der Waals surface area contributed by atoms with Gasteiger partial charge >= 0.3 is 6.03 Å². The summed E-state index contributed by atoms with van der Waals surface area (Å²) in [6, 6.07) is 8.88. The van der Waals surface area contributed by atoms with Crippen LogP contribution in [0.3, 0.4) is 0 Å². The lowest BCUT2D eigenvalue weighted by molar-refractivity contribution is 0.0191. The lowest BCUT2D eigenvalue weighted by Gasteiger charge is -2.32. The zero-order valence-corrected chi connectivity index (χ0v) is 16.6. The Labute approximate surface area is 167 Å². The second-order valence-corrected chi connectivity index (χ2v) is 8.13. The minimum absolute atomic E-state index is 0.0567. The zero-order chi connectivity index (χ0) is 19.3. The Kier molecular flexibility index (Phi) is 6.47. The minimum atomic E-state index is -0.549. The van der Waals surface area contributed by atoms with Gasteiger partial charge in [0.1, 0.15) is 0 Å². The fourth-order valence-corrected chi connectivity index (χ4v) is 4.56. The Morgan fingerprint density at radius 1 is 1.18 bits per heavy atom. The molecule has 7 heteroatoms. The summed E-state index contributed by atoms with van der Waals surface area (Å²) in [5, 5.41) is 13.3. The molecule has 28 heavy (non-hydrogen) atoms. The number of hydrogen-bond acceptors (Lipinski definition) is 5. The van der Waals surface area contributed by atoms with E-state index in [0.29, 0.717) is 19.1 Å². The van der Waals surface area contributed by atoms with E-state index in [1.165, 1.54) is 11.1 Å². The zero-order valence-electron chi connectivity index (χ0n) is 16.6. The maximum atomic E-state index is 12.5. The van der Waals surface area contributed by atoms with E-state index in [2.05, 4.69) is 39.4 Å². The van der Waals surface area contributed by atoms with Crippen LogP contribution in [0.15, 0.2) is 24.3 Å². The number of nitrogens with zero attached hydrogens (tertiary/aromatic N) is 3. The molecular weight excluding hydrogens is 356 g/mol. The first-order chi connectivity index (χ1) is 13.7. The first-order valence-electron chi connectivity index (χ1n) is 10.5. The quantitative estimate of drug-likeness (QED) is 0.770. The van der Waals surface area contributed by atoms with Crippen LogP contribution in [0.1, 0.15) is 17.5 Å². The van der Waals surface area contributed by atoms with E-state index in [0.717, 1.165) is 65.3 Å². The number of amides is 2. The molecule has 2 saturated heterocycles. The molecule has 1 unspecified atom stereocenters. The number of fused-ring (bicyclic) bond motifs is 1. The number of carbonyl (C=O) groups excluding carboxylic acids is 1. The number of carbonyl (C=O) groups is 1. The summed E-state index contributed by atoms with van der Waals surface area (Å²) >= 11 is 0. The molecular formula is C21H32N4O3. The Morgan fingerprint density at radius 2 is 1.96 bits per heavy atom. The highest BCUT2D eigenvalue weighted by molar-refractivity contribution is 5.74. The predicted molar refractivity (Wildman–Crippen MR) is 107 cm³/mol. The molecule has 4 rings (SSSR count). The topological polar surface area (TPSA) is 68.3 Å². The van der Waals surface area contributed by atoms with Crippen molar-refractivity contribution in [3.8, 4) is 0 Å². The molecule has 2 amide bonds. The van der Waals surface area contributed by atoms with Crippen molar-refractivity contribution < 1.29 is 14.6 Å². The SMILES string of the molecule is O=C(NC[C@H](O)CN1CCc2ccccc2C1)N1CCC(N2CCOCC2)C1. The van der Waals surface area contributed by atoms with Gasteiger partial charge < -0.3 is 20.1 Å². The van der Waals surface area contributed by atoms with E-state index in [4.69, 9.17) is 4.74 Å². The molecule has 7 nitrogen and oxygen atoms in total. The van der Waals surface area contributed by atoms with Crippen LogP contribution in [-0.2, 0) is 17.7 Å². The lowest BCUT2D eigenvalue weighted by Crippen LogP contribution is -2.48. The molecule has 3 heterocycles. The van der Waals surface area contributed by atoms with Gasteiger partial charge in [0.15, 0.2) is 0 Å². The number of rotatable bonds is 5. The number of aliphatic hydroxyl groups is 1. The number of aliphatic hydroxyl groups excluding tert-OH is 1. The van der Waals surface area contributed by atoms with Crippen LogP contribution >= 0.6 is 0 Å². The largest absolute Gasteiger partial charge is 0.390 e. The van der Waals surface area contributed by atoms with Crippen molar-refractivity contribution in [3.05, 3.63) is 35.4 Å². The number of morpholine rings is 1. The molecule has 2 N–H and O–H groups in total. The van der Waals surface area contributed by atoms with Gasteiger partial charge in [-0.15, -0.1) is 0 Å². The average molecular weight is 389 g/mol. The average Bonchev–Trinajstić information content (AvgIpc) is 3.23. The molecule has 3 aliphatic rings. The fourth-order valence-electron chi connectivity index (χ4n) is 4.56. The number of β-amino-alcohol motifs (C(OH)–C–C–N with tert-alkyl or cyclic N) is 1. The molecule has 2 fully saturated rings. The van der Waals surface area contributed by atoms with Gasteiger partial charge in [0, 0.05) is 58.4 Å². The highest BCUT2D eigenvalue weighted by Gasteiger charge is 2.31. The normalized spacial score (nSPS) is 24.8. The van der Waals surface area contributed by atoms with Gasteiger partial charge in [-0.2, -0.15) is 0 Å². The summed E-state index contributed by atoms with van der Waals surface area (Å²) in [5.41, 5.74) is 2.75. The van der Waals surface area contributed by atoms with Gasteiger partial charge in [-0.25, -0.2) is 4.79 Å². The third-order valence-electron chi connectivity index (χ3n) is 6.18. The molecule has 0 aliphatic carbocycles. The molecule has 0 saturated carbocycles. The van der Waals surface area contributed by atoms with E-state index < -0.39 is 6.10 Å². The van der Waals surface area contributed by atoms with E-state index in [1.807, 2.05) is 4.90 Å². The van der Waals surface area contributed by atoms with Crippen LogP contribution in [-0.4, -0.2) is 97.0 Å². The van der Waals surface area contributed by atoms with Crippen LogP contribution in [0.4, 0.5) is 4.79 Å². The molecule has 3 aliphatic heterocycles. The molecule has 0 bridgehead atoms. The highest BCUT2D eigenvalue weighted by Crippen LogP contribution is 2.19. The Bertz CT molecular complexity index is 665. The van der Waals surface area contributed by atoms with Gasteiger partial charge in [-0.1, -0.05) is 24.3 Å². The molecule has 0 aromatic heterocycles. The first-order valence-corrected chi connectivity index (χ1v) is 10.5. The van der Waals surface area contributed by atoms with Crippen molar-refractivity contribution in [2.45, 2.75) is 31.5 Å². The summed E-state index contributed by atoms with van der Waals surface area (Å²) in [5.74, 6) is 0. The standard InChI is InChI=1S/C21H32N4O3/c26-20(16-23-7-5-17-3-1-2-4-18(17)14-23)13-22-21(27)25-8-6-19(15-25)24-9-11-28-12-10-24/h1-4,19-20,26H,5-16H2,(H,22,27)/t19?,20-/m0/s1. The van der Waals surface area contributed by atoms with Gasteiger partial charge in [-0.3, -0.25) is 9.80 Å². The number of ether oxygens (including phenoxy) is 1. The summed E-state index contributed by atoms with van der Waals surface area (Å²) in [6.07, 6.45) is 1.49. The minimum Gasteiger partial charge on any atom is -0.390 e. The Balaban J connectivity index is 1.18. The molecule has 0 spiro atoms.